The summed E-state index contributed by atoms with van der Waals surface area (Å²) < 4.78 is 7.48. The van der Waals surface area contributed by atoms with Gasteiger partial charge in [0.2, 0.25) is 0 Å². The molecule has 1 N–H and O–H groups in total. The highest BCUT2D eigenvalue weighted by Gasteiger charge is 2.11. The number of ether oxygens (including phenoxy) is 1. The van der Waals surface area contributed by atoms with Crippen molar-refractivity contribution in [2.24, 2.45) is 0 Å². The summed E-state index contributed by atoms with van der Waals surface area (Å²) in [5.41, 5.74) is 0.734. The lowest BCUT2D eigenvalue weighted by Gasteiger charge is -2.13. The second kappa shape index (κ2) is 5.82. The molecule has 1 heterocycles. The van der Waals surface area contributed by atoms with Crippen LogP contribution in [0.15, 0.2) is 45.6 Å². The van der Waals surface area contributed by atoms with E-state index in [0.29, 0.717) is 11.5 Å². The third-order valence-electron chi connectivity index (χ3n) is 2.33. The highest BCUT2D eigenvalue weighted by Crippen LogP contribution is 2.32. The molecule has 1 aromatic carbocycles. The molecule has 3 nitrogen and oxygen atoms in total. The number of hydrogen-bond donors (Lipinski definition) is 1. The summed E-state index contributed by atoms with van der Waals surface area (Å²) in [6.07, 6.45) is 2.72. The van der Waals surface area contributed by atoms with Gasteiger partial charge in [0.05, 0.1) is 12.3 Å². The highest BCUT2D eigenvalue weighted by atomic mass is 79.9. The zero-order valence-electron chi connectivity index (χ0n) is 9.60. The molecule has 1 aromatic heterocycles. The SMILES string of the molecule is CC(O)c1ccc(Br)cc1Oc1cncc(Br)c1. The van der Waals surface area contributed by atoms with Gasteiger partial charge in [-0.25, -0.2) is 0 Å². The van der Waals surface area contributed by atoms with Gasteiger partial charge in [0, 0.05) is 20.7 Å². The minimum atomic E-state index is -0.590. The van der Waals surface area contributed by atoms with Crippen molar-refractivity contribution in [1.29, 1.82) is 0 Å². The second-order valence-electron chi connectivity index (χ2n) is 3.80. The third kappa shape index (κ3) is 3.31. The van der Waals surface area contributed by atoms with Gasteiger partial charge in [-0.05, 0) is 41.1 Å². The van der Waals surface area contributed by atoms with Gasteiger partial charge >= 0.3 is 0 Å². The Bertz CT molecular complexity index is 558. The maximum atomic E-state index is 9.71. The van der Waals surface area contributed by atoms with E-state index >= 15 is 0 Å². The second-order valence-corrected chi connectivity index (χ2v) is 5.63. The van der Waals surface area contributed by atoms with Crippen LogP contribution in [0.1, 0.15) is 18.6 Å². The molecule has 0 bridgehead atoms. The van der Waals surface area contributed by atoms with E-state index in [9.17, 15) is 5.11 Å². The van der Waals surface area contributed by atoms with Gasteiger partial charge in [0.25, 0.3) is 0 Å². The van der Waals surface area contributed by atoms with E-state index in [4.69, 9.17) is 4.74 Å². The summed E-state index contributed by atoms with van der Waals surface area (Å²) in [6.45, 7) is 1.70. The third-order valence-corrected chi connectivity index (χ3v) is 3.26. The summed E-state index contributed by atoms with van der Waals surface area (Å²) >= 11 is 6.72. The first-order valence-corrected chi connectivity index (χ1v) is 6.91. The molecule has 0 amide bonds. The molecule has 0 saturated carbocycles. The number of rotatable bonds is 3. The van der Waals surface area contributed by atoms with Crippen molar-refractivity contribution in [1.82, 2.24) is 4.98 Å². The van der Waals surface area contributed by atoms with Gasteiger partial charge in [-0.3, -0.25) is 4.98 Å². The fraction of sp³-hybridized carbons (Fsp3) is 0.154. The standard InChI is InChI=1S/C13H11Br2NO2/c1-8(17)12-3-2-9(14)5-13(12)18-11-4-10(15)6-16-7-11/h2-8,17H,1H3. The van der Waals surface area contributed by atoms with Crippen LogP contribution in [0.2, 0.25) is 0 Å². The molecule has 0 aliphatic heterocycles. The van der Waals surface area contributed by atoms with Crippen molar-refractivity contribution in [3.8, 4) is 11.5 Å². The molecule has 5 heteroatoms. The summed E-state index contributed by atoms with van der Waals surface area (Å²) in [5.74, 6) is 1.23. The zero-order valence-corrected chi connectivity index (χ0v) is 12.8. The Kier molecular flexibility index (Phi) is 4.37. The molecule has 0 fully saturated rings. The van der Waals surface area contributed by atoms with Crippen LogP contribution >= 0.6 is 31.9 Å². The molecule has 0 aliphatic carbocycles. The highest BCUT2D eigenvalue weighted by molar-refractivity contribution is 9.10. The Balaban J connectivity index is 2.36. The first-order valence-electron chi connectivity index (χ1n) is 5.32. The van der Waals surface area contributed by atoms with Crippen LogP contribution < -0.4 is 4.74 Å². The number of pyridine rings is 1. The smallest absolute Gasteiger partial charge is 0.146 e. The Morgan fingerprint density at radius 1 is 1.17 bits per heavy atom. The van der Waals surface area contributed by atoms with Crippen molar-refractivity contribution in [2.75, 3.05) is 0 Å². The van der Waals surface area contributed by atoms with Crippen LogP contribution in [-0.4, -0.2) is 10.1 Å². The van der Waals surface area contributed by atoms with Crippen molar-refractivity contribution >= 4 is 31.9 Å². The van der Waals surface area contributed by atoms with Gasteiger partial charge < -0.3 is 9.84 Å². The van der Waals surface area contributed by atoms with Crippen molar-refractivity contribution in [3.05, 3.63) is 51.2 Å². The number of nitrogens with zero attached hydrogens (tertiary/aromatic N) is 1. The quantitative estimate of drug-likeness (QED) is 0.865. The molecule has 18 heavy (non-hydrogen) atoms. The summed E-state index contributed by atoms with van der Waals surface area (Å²) in [6, 6.07) is 7.34. The first kappa shape index (κ1) is 13.5. The normalized spacial score (nSPS) is 12.2. The van der Waals surface area contributed by atoms with Crippen LogP contribution in [-0.2, 0) is 0 Å². The molecular formula is C13H11Br2NO2. The molecule has 94 valence electrons. The molecule has 2 aromatic rings. The van der Waals surface area contributed by atoms with E-state index < -0.39 is 6.10 Å². The number of aromatic nitrogens is 1. The Labute approximate surface area is 122 Å². The lowest BCUT2D eigenvalue weighted by Crippen LogP contribution is -1.96. The molecule has 2 rings (SSSR count). The fourth-order valence-corrected chi connectivity index (χ4v) is 2.20. The molecule has 0 aliphatic rings. The van der Waals surface area contributed by atoms with Crippen molar-refractivity contribution < 1.29 is 9.84 Å². The van der Waals surface area contributed by atoms with E-state index in [1.165, 1.54) is 0 Å². The lowest BCUT2D eigenvalue weighted by molar-refractivity contribution is 0.195. The molecular weight excluding hydrogens is 362 g/mol. The molecule has 0 radical (unpaired) electrons. The predicted molar refractivity (Wildman–Crippen MR) is 76.8 cm³/mol. The molecule has 0 saturated heterocycles. The topological polar surface area (TPSA) is 42.4 Å². The van der Waals surface area contributed by atoms with E-state index in [2.05, 4.69) is 36.8 Å². The summed E-state index contributed by atoms with van der Waals surface area (Å²) in [5, 5.41) is 9.71. The van der Waals surface area contributed by atoms with Crippen LogP contribution in [0.25, 0.3) is 0 Å². The first-order chi connectivity index (χ1) is 8.56. The van der Waals surface area contributed by atoms with Gasteiger partial charge in [-0.1, -0.05) is 22.0 Å². The maximum Gasteiger partial charge on any atom is 0.146 e. The average Bonchev–Trinajstić information content (AvgIpc) is 2.28. The Morgan fingerprint density at radius 3 is 2.61 bits per heavy atom. The van der Waals surface area contributed by atoms with Crippen molar-refractivity contribution in [2.45, 2.75) is 13.0 Å². The number of halogens is 2. The van der Waals surface area contributed by atoms with Crippen LogP contribution in [0.5, 0.6) is 11.5 Å². The Hall–Kier alpha value is -0.910. The average molecular weight is 373 g/mol. The molecule has 1 atom stereocenters. The molecule has 0 spiro atoms. The van der Waals surface area contributed by atoms with Gasteiger partial charge in [0.1, 0.15) is 11.5 Å². The molecule has 1 unspecified atom stereocenters. The summed E-state index contributed by atoms with van der Waals surface area (Å²) in [4.78, 5) is 4.03. The van der Waals surface area contributed by atoms with Gasteiger partial charge in [-0.2, -0.15) is 0 Å². The number of aliphatic hydroxyl groups excluding tert-OH is 1. The number of aliphatic hydroxyl groups is 1. The van der Waals surface area contributed by atoms with Crippen LogP contribution in [0.3, 0.4) is 0 Å². The van der Waals surface area contributed by atoms with Gasteiger partial charge in [0.15, 0.2) is 0 Å². The minimum Gasteiger partial charge on any atom is -0.455 e. The van der Waals surface area contributed by atoms with Crippen molar-refractivity contribution in [3.63, 3.8) is 0 Å². The van der Waals surface area contributed by atoms with E-state index in [1.807, 2.05) is 24.3 Å². The van der Waals surface area contributed by atoms with Gasteiger partial charge in [-0.15, -0.1) is 0 Å². The zero-order chi connectivity index (χ0) is 13.1. The minimum absolute atomic E-state index is 0.590. The van der Waals surface area contributed by atoms with E-state index in [0.717, 1.165) is 14.5 Å². The van der Waals surface area contributed by atoms with Crippen LogP contribution in [0, 0.1) is 0 Å². The maximum absolute atomic E-state index is 9.71. The predicted octanol–water partition coefficient (Wildman–Crippen LogP) is 4.45. The lowest BCUT2D eigenvalue weighted by atomic mass is 10.1. The van der Waals surface area contributed by atoms with Crippen LogP contribution in [0.4, 0.5) is 0 Å². The monoisotopic (exact) mass is 371 g/mol. The van der Waals surface area contributed by atoms with E-state index in [-0.39, 0.29) is 0 Å². The number of hydrogen-bond acceptors (Lipinski definition) is 3. The summed E-state index contributed by atoms with van der Waals surface area (Å²) in [7, 11) is 0. The fourth-order valence-electron chi connectivity index (χ4n) is 1.52. The largest absolute Gasteiger partial charge is 0.455 e. The van der Waals surface area contributed by atoms with E-state index in [1.54, 1.807) is 19.3 Å². The Morgan fingerprint density at radius 2 is 1.94 bits per heavy atom. The number of benzene rings is 1.